The summed E-state index contributed by atoms with van der Waals surface area (Å²) in [5.41, 5.74) is 6.82. The molecule has 0 saturated heterocycles. The monoisotopic (exact) mass is 631 g/mol. The van der Waals surface area contributed by atoms with Crippen molar-refractivity contribution >= 4 is 55.7 Å². The van der Waals surface area contributed by atoms with Crippen LogP contribution in [0.4, 0.5) is 34.1 Å². The maximum absolute atomic E-state index is 3.68. The van der Waals surface area contributed by atoms with Crippen LogP contribution < -0.4 is 19.6 Å². The zero-order valence-corrected chi connectivity index (χ0v) is 22.0. The van der Waals surface area contributed by atoms with Gasteiger partial charge in [-0.1, -0.05) is 60.7 Å². The molecule has 5 heteroatoms. The van der Waals surface area contributed by atoms with E-state index in [4.69, 9.17) is 0 Å². The van der Waals surface area contributed by atoms with Crippen molar-refractivity contribution in [2.75, 3.05) is 33.7 Å². The molecule has 2 aliphatic rings. The first-order valence-electron chi connectivity index (χ1n) is 11.5. The second-order valence-corrected chi connectivity index (χ2v) is 8.92. The summed E-state index contributed by atoms with van der Waals surface area (Å²) in [5, 5.41) is 5.01. The van der Waals surface area contributed by atoms with Crippen molar-refractivity contribution in [2.24, 2.45) is 0 Å². The molecule has 0 aliphatic carbocycles. The number of rotatable bonds is 2. The standard InChI is InChI=1S/C30H23N4.Os/c1-31-19-33(27-16-14-21-8-3-5-12-25(21)29(27)31)23-10-7-11-24(18-23)34-20-32(2)30-26-13-6-4-9-22(26)15-17-28(30)34;/h3-17,19-20H,1-2H3;/q-3;. The van der Waals surface area contributed by atoms with Crippen molar-refractivity contribution in [1.29, 1.82) is 0 Å². The molecule has 4 nitrogen and oxygen atoms in total. The molecule has 5 aromatic carbocycles. The Kier molecular flexibility index (Phi) is 5.20. The molecule has 0 atom stereocenters. The minimum atomic E-state index is 0. The summed E-state index contributed by atoms with van der Waals surface area (Å²) < 4.78 is 0. The Hall–Kier alpha value is -3.54. The van der Waals surface area contributed by atoms with Gasteiger partial charge in [-0.05, 0) is 37.0 Å². The Morgan fingerprint density at radius 3 is 1.49 bits per heavy atom. The van der Waals surface area contributed by atoms with Crippen LogP contribution in [0.3, 0.4) is 0 Å². The molecule has 2 aliphatic heterocycles. The second-order valence-electron chi connectivity index (χ2n) is 8.92. The summed E-state index contributed by atoms with van der Waals surface area (Å²) >= 11 is 0. The van der Waals surface area contributed by atoms with Crippen LogP contribution in [0.5, 0.6) is 0 Å². The number of nitrogens with zero attached hydrogens (tertiary/aromatic N) is 4. The van der Waals surface area contributed by atoms with E-state index in [2.05, 4.69) is 144 Å². The van der Waals surface area contributed by atoms with E-state index in [0.29, 0.717) is 0 Å². The van der Waals surface area contributed by atoms with Crippen molar-refractivity contribution in [3.8, 4) is 0 Å². The van der Waals surface area contributed by atoms with E-state index in [1.54, 1.807) is 0 Å². The van der Waals surface area contributed by atoms with Crippen molar-refractivity contribution in [1.82, 2.24) is 0 Å². The van der Waals surface area contributed by atoms with Crippen LogP contribution in [-0.2, 0) is 19.8 Å². The first-order chi connectivity index (χ1) is 16.7. The first kappa shape index (κ1) is 22.0. The van der Waals surface area contributed by atoms with Crippen LogP contribution in [0.1, 0.15) is 0 Å². The third kappa shape index (κ3) is 3.30. The number of hydrogen-bond donors (Lipinski definition) is 0. The summed E-state index contributed by atoms with van der Waals surface area (Å²) in [6.07, 6.45) is 0. The van der Waals surface area contributed by atoms with Gasteiger partial charge >= 0.3 is 0 Å². The Morgan fingerprint density at radius 1 is 0.543 bits per heavy atom. The Labute approximate surface area is 219 Å². The van der Waals surface area contributed by atoms with E-state index in [0.717, 1.165) is 11.4 Å². The largest absolute Gasteiger partial charge is 0.503 e. The molecule has 0 amide bonds. The van der Waals surface area contributed by atoms with E-state index in [1.807, 2.05) is 0 Å². The van der Waals surface area contributed by atoms with Gasteiger partial charge in [-0.3, -0.25) is 0 Å². The fourth-order valence-corrected chi connectivity index (χ4v) is 5.31. The summed E-state index contributed by atoms with van der Waals surface area (Å²) in [5.74, 6) is 0. The van der Waals surface area contributed by atoms with Crippen LogP contribution >= 0.6 is 0 Å². The molecule has 35 heavy (non-hydrogen) atoms. The summed E-state index contributed by atoms with van der Waals surface area (Å²) in [6.45, 7) is 4.29. The molecule has 0 unspecified atom stereocenters. The molecule has 0 aromatic heterocycles. The number of benzene rings is 5. The topological polar surface area (TPSA) is 13.0 Å². The van der Waals surface area contributed by atoms with Gasteiger partial charge in [0.05, 0.1) is 0 Å². The van der Waals surface area contributed by atoms with Gasteiger partial charge in [0.15, 0.2) is 0 Å². The predicted octanol–water partition coefficient (Wildman–Crippen LogP) is 7.21. The molecular weight excluding hydrogens is 607 g/mol. The van der Waals surface area contributed by atoms with E-state index in [9.17, 15) is 0 Å². The SMILES string of the molecule is CN1[CH-]N(c2[c-]c(N3[CH-]N(C)c4c3ccc3ccccc43)ccc2)c2ccc3ccccc3c21.[Os]. The minimum Gasteiger partial charge on any atom is -0.503 e. The van der Waals surface area contributed by atoms with Gasteiger partial charge < -0.3 is 19.6 Å². The molecule has 174 valence electrons. The van der Waals surface area contributed by atoms with Gasteiger partial charge in [-0.15, -0.1) is 29.6 Å². The van der Waals surface area contributed by atoms with E-state index in [1.165, 1.54) is 44.3 Å². The van der Waals surface area contributed by atoms with Crippen LogP contribution in [0.25, 0.3) is 21.5 Å². The van der Waals surface area contributed by atoms with Gasteiger partial charge in [0.1, 0.15) is 0 Å². The average molecular weight is 630 g/mol. The van der Waals surface area contributed by atoms with Gasteiger partial charge in [-0.2, -0.15) is 19.4 Å². The van der Waals surface area contributed by atoms with Crippen molar-refractivity contribution < 1.29 is 19.8 Å². The van der Waals surface area contributed by atoms with E-state index < -0.39 is 0 Å². The molecule has 0 bridgehead atoms. The smallest absolute Gasteiger partial charge is 0.0379 e. The zero-order chi connectivity index (χ0) is 22.8. The molecule has 0 N–H and O–H groups in total. The number of hydrogen-bond acceptors (Lipinski definition) is 4. The van der Waals surface area contributed by atoms with Gasteiger partial charge in [0.2, 0.25) is 0 Å². The fourth-order valence-electron chi connectivity index (χ4n) is 5.31. The molecular formula is C30H23N4Os-3. The third-order valence-corrected chi connectivity index (χ3v) is 6.84. The maximum atomic E-state index is 3.68. The maximum Gasteiger partial charge on any atom is 0.0379 e. The minimum absolute atomic E-state index is 0. The second kappa shape index (κ2) is 8.29. The van der Waals surface area contributed by atoms with Crippen LogP contribution in [-0.4, -0.2) is 14.1 Å². The number of fused-ring (bicyclic) bond motifs is 6. The summed E-state index contributed by atoms with van der Waals surface area (Å²) in [4.78, 5) is 8.86. The van der Waals surface area contributed by atoms with E-state index in [-0.39, 0.29) is 19.8 Å². The number of anilines is 6. The Bertz CT molecular complexity index is 1470. The van der Waals surface area contributed by atoms with Crippen molar-refractivity contribution in [2.45, 2.75) is 0 Å². The van der Waals surface area contributed by atoms with Crippen molar-refractivity contribution in [3.63, 3.8) is 0 Å². The quantitative estimate of drug-likeness (QED) is 0.192. The Morgan fingerprint density at radius 2 is 1.00 bits per heavy atom. The molecule has 2 heterocycles. The third-order valence-electron chi connectivity index (χ3n) is 6.84. The molecule has 0 fully saturated rings. The van der Waals surface area contributed by atoms with Crippen LogP contribution in [0.15, 0.2) is 91.0 Å². The molecule has 0 spiro atoms. The van der Waals surface area contributed by atoms with Crippen LogP contribution in [0, 0.1) is 19.4 Å². The molecule has 0 saturated carbocycles. The summed E-state index contributed by atoms with van der Waals surface area (Å²) in [7, 11) is 4.22. The Balaban J connectivity index is 0.00000229. The molecule has 7 rings (SSSR count). The first-order valence-corrected chi connectivity index (χ1v) is 11.5. The van der Waals surface area contributed by atoms with Crippen LogP contribution in [0.2, 0.25) is 0 Å². The van der Waals surface area contributed by atoms with Gasteiger partial charge in [-0.25, -0.2) is 0 Å². The fraction of sp³-hybridized carbons (Fsp3) is 0.0667. The van der Waals surface area contributed by atoms with E-state index >= 15 is 0 Å². The molecule has 5 aromatic rings. The molecule has 0 radical (unpaired) electrons. The van der Waals surface area contributed by atoms with Gasteiger partial charge in [0, 0.05) is 53.3 Å². The zero-order valence-electron chi connectivity index (χ0n) is 19.5. The van der Waals surface area contributed by atoms with Crippen molar-refractivity contribution in [3.05, 3.63) is 110 Å². The summed E-state index contributed by atoms with van der Waals surface area (Å²) in [6, 6.07) is 36.0. The predicted molar refractivity (Wildman–Crippen MR) is 143 cm³/mol. The normalized spacial score (nSPS) is 14.5. The average Bonchev–Trinajstić information content (AvgIpc) is 3.41. The van der Waals surface area contributed by atoms with Gasteiger partial charge in [0.25, 0.3) is 0 Å².